The van der Waals surface area contributed by atoms with Crippen LogP contribution in [-0.2, 0) is 4.79 Å². The number of rotatable bonds is 4. The highest BCUT2D eigenvalue weighted by Crippen LogP contribution is 2.44. The first-order chi connectivity index (χ1) is 15.1. The summed E-state index contributed by atoms with van der Waals surface area (Å²) < 4.78 is 1.89. The molecule has 2 N–H and O–H groups in total. The fraction of sp³-hybridized carbons (Fsp3) is 0.409. The number of anilines is 1. The van der Waals surface area contributed by atoms with Crippen molar-refractivity contribution in [2.45, 2.75) is 38.6 Å². The molecule has 0 atom stereocenters. The van der Waals surface area contributed by atoms with E-state index in [4.69, 9.17) is 0 Å². The predicted octanol–water partition coefficient (Wildman–Crippen LogP) is 2.87. The summed E-state index contributed by atoms with van der Waals surface area (Å²) in [5.41, 5.74) is 2.48. The summed E-state index contributed by atoms with van der Waals surface area (Å²) in [7, 11) is 0. The zero-order valence-corrected chi connectivity index (χ0v) is 17.4. The van der Waals surface area contributed by atoms with Gasteiger partial charge in [-0.05, 0) is 25.7 Å². The molecule has 158 valence electrons. The van der Waals surface area contributed by atoms with Gasteiger partial charge in [-0.2, -0.15) is 4.98 Å². The molecule has 4 aromatic heterocycles. The van der Waals surface area contributed by atoms with Crippen molar-refractivity contribution in [3.8, 4) is 11.1 Å². The first-order valence-electron chi connectivity index (χ1n) is 10.8. The Balaban J connectivity index is 1.18. The maximum atomic E-state index is 12.8. The van der Waals surface area contributed by atoms with Gasteiger partial charge < -0.3 is 15.2 Å². The number of amides is 1. The SMILES string of the molecule is C[C@]1(C(=O)N2CCCC2)C[C@@H](Nc2ncc3c(-c4cnc5nccn5c4)c[nH]c3n2)C1. The summed E-state index contributed by atoms with van der Waals surface area (Å²) in [6, 6.07) is 0.219. The fourth-order valence-corrected chi connectivity index (χ4v) is 4.96. The lowest BCUT2D eigenvalue weighted by Crippen LogP contribution is -2.53. The molecule has 9 nitrogen and oxygen atoms in total. The van der Waals surface area contributed by atoms with Crippen LogP contribution in [0.5, 0.6) is 0 Å². The average Bonchev–Trinajstić information content (AvgIpc) is 3.51. The van der Waals surface area contributed by atoms with Crippen LogP contribution in [0.4, 0.5) is 5.95 Å². The van der Waals surface area contributed by atoms with Crippen molar-refractivity contribution in [3.05, 3.63) is 37.2 Å². The number of carbonyl (C=O) groups excluding carboxylic acids is 1. The lowest BCUT2D eigenvalue weighted by atomic mass is 9.66. The summed E-state index contributed by atoms with van der Waals surface area (Å²) in [4.78, 5) is 35.8. The van der Waals surface area contributed by atoms with Crippen molar-refractivity contribution in [2.75, 3.05) is 18.4 Å². The summed E-state index contributed by atoms with van der Waals surface area (Å²) in [6.45, 7) is 3.90. The predicted molar refractivity (Wildman–Crippen MR) is 116 cm³/mol. The number of likely N-dealkylation sites (tertiary alicyclic amines) is 1. The van der Waals surface area contributed by atoms with E-state index in [0.29, 0.717) is 17.6 Å². The third-order valence-corrected chi connectivity index (χ3v) is 6.63. The quantitative estimate of drug-likeness (QED) is 0.530. The minimum atomic E-state index is -0.259. The molecule has 0 radical (unpaired) electrons. The Morgan fingerprint density at radius 3 is 2.87 bits per heavy atom. The van der Waals surface area contributed by atoms with Gasteiger partial charge in [0.2, 0.25) is 17.6 Å². The highest BCUT2D eigenvalue weighted by atomic mass is 16.2. The molecule has 1 amide bonds. The van der Waals surface area contributed by atoms with Gasteiger partial charge in [-0.3, -0.25) is 9.20 Å². The Kier molecular flexibility index (Phi) is 3.99. The van der Waals surface area contributed by atoms with Crippen LogP contribution in [-0.4, -0.2) is 59.3 Å². The highest BCUT2D eigenvalue weighted by Gasteiger charge is 2.48. The van der Waals surface area contributed by atoms with Gasteiger partial charge in [-0.1, -0.05) is 6.92 Å². The Morgan fingerprint density at radius 1 is 1.19 bits per heavy atom. The van der Waals surface area contributed by atoms with Gasteiger partial charge in [0.05, 0.1) is 5.41 Å². The largest absolute Gasteiger partial charge is 0.351 e. The zero-order chi connectivity index (χ0) is 21.0. The number of nitrogens with zero attached hydrogens (tertiary/aromatic N) is 6. The lowest BCUT2D eigenvalue weighted by molar-refractivity contribution is -0.145. The molecule has 1 aliphatic heterocycles. The Hall–Kier alpha value is -3.49. The molecule has 0 aromatic carbocycles. The van der Waals surface area contributed by atoms with Crippen LogP contribution in [0.25, 0.3) is 27.9 Å². The van der Waals surface area contributed by atoms with E-state index in [2.05, 4.69) is 37.2 Å². The molecule has 1 aliphatic carbocycles. The van der Waals surface area contributed by atoms with E-state index in [1.165, 1.54) is 0 Å². The normalized spacial score (nSPS) is 23.4. The Bertz CT molecular complexity index is 1280. The van der Waals surface area contributed by atoms with Crippen LogP contribution in [0.3, 0.4) is 0 Å². The van der Waals surface area contributed by atoms with Crippen LogP contribution in [0.1, 0.15) is 32.6 Å². The number of nitrogens with one attached hydrogen (secondary N) is 2. The lowest BCUT2D eigenvalue weighted by Gasteiger charge is -2.45. The van der Waals surface area contributed by atoms with E-state index in [1.807, 2.05) is 40.3 Å². The van der Waals surface area contributed by atoms with Crippen molar-refractivity contribution in [2.24, 2.45) is 5.41 Å². The molecule has 1 saturated carbocycles. The summed E-state index contributed by atoms with van der Waals surface area (Å²) >= 11 is 0. The first-order valence-corrected chi connectivity index (χ1v) is 10.8. The van der Waals surface area contributed by atoms with E-state index in [-0.39, 0.29) is 11.5 Å². The van der Waals surface area contributed by atoms with E-state index < -0.39 is 0 Å². The number of aromatic nitrogens is 6. The minimum Gasteiger partial charge on any atom is -0.351 e. The van der Waals surface area contributed by atoms with E-state index in [9.17, 15) is 4.79 Å². The second-order valence-electron chi connectivity index (χ2n) is 8.94. The van der Waals surface area contributed by atoms with Crippen LogP contribution in [0.15, 0.2) is 37.2 Å². The van der Waals surface area contributed by atoms with Crippen molar-refractivity contribution in [1.29, 1.82) is 0 Å². The van der Waals surface area contributed by atoms with E-state index >= 15 is 0 Å². The number of carbonyl (C=O) groups is 1. The molecular weight excluding hydrogens is 392 g/mol. The van der Waals surface area contributed by atoms with Crippen molar-refractivity contribution < 1.29 is 4.79 Å². The molecule has 1 saturated heterocycles. The fourth-order valence-electron chi connectivity index (χ4n) is 4.96. The standard InChI is InChI=1S/C22H24N8O/c1-22(19(31)29-5-2-3-6-29)8-15(9-22)27-20-25-12-17-16(11-24-18(17)28-20)14-10-26-21-23-4-7-30(21)13-14/h4,7,10-13,15H,2-3,5-6,8-9H2,1H3,(H2,24,25,27,28)/t15-,22+. The molecule has 4 aromatic rings. The van der Waals surface area contributed by atoms with Crippen LogP contribution in [0, 0.1) is 5.41 Å². The number of fused-ring (bicyclic) bond motifs is 2. The summed E-state index contributed by atoms with van der Waals surface area (Å²) in [5.74, 6) is 1.56. The number of H-pyrrole nitrogens is 1. The molecule has 9 heteroatoms. The van der Waals surface area contributed by atoms with Crippen molar-refractivity contribution in [1.82, 2.24) is 34.2 Å². The maximum Gasteiger partial charge on any atom is 0.233 e. The Morgan fingerprint density at radius 2 is 2.03 bits per heavy atom. The second kappa shape index (κ2) is 6.76. The molecule has 31 heavy (non-hydrogen) atoms. The minimum absolute atomic E-state index is 0.219. The molecular formula is C22H24N8O. The van der Waals surface area contributed by atoms with Gasteiger partial charge in [0, 0.05) is 72.8 Å². The number of hydrogen-bond acceptors (Lipinski definition) is 6. The van der Waals surface area contributed by atoms with Gasteiger partial charge in [0.25, 0.3) is 0 Å². The summed E-state index contributed by atoms with van der Waals surface area (Å²) in [6.07, 6.45) is 15.1. The third-order valence-electron chi connectivity index (χ3n) is 6.63. The number of imidazole rings is 1. The molecule has 0 unspecified atom stereocenters. The van der Waals surface area contributed by atoms with Gasteiger partial charge in [-0.25, -0.2) is 15.0 Å². The number of hydrogen-bond donors (Lipinski definition) is 2. The molecule has 0 spiro atoms. The highest BCUT2D eigenvalue weighted by molar-refractivity contribution is 5.93. The third kappa shape index (κ3) is 3.03. The maximum absolute atomic E-state index is 12.8. The van der Waals surface area contributed by atoms with Crippen molar-refractivity contribution in [3.63, 3.8) is 0 Å². The second-order valence-corrected chi connectivity index (χ2v) is 8.94. The van der Waals surface area contributed by atoms with Crippen molar-refractivity contribution >= 4 is 28.7 Å². The van der Waals surface area contributed by atoms with Gasteiger partial charge in [0.1, 0.15) is 5.65 Å². The van der Waals surface area contributed by atoms with Gasteiger partial charge in [-0.15, -0.1) is 0 Å². The van der Waals surface area contributed by atoms with Crippen LogP contribution in [0.2, 0.25) is 0 Å². The topological polar surface area (TPSA) is 104 Å². The smallest absolute Gasteiger partial charge is 0.233 e. The molecule has 5 heterocycles. The van der Waals surface area contributed by atoms with Gasteiger partial charge in [0.15, 0.2) is 0 Å². The van der Waals surface area contributed by atoms with E-state index in [0.717, 1.165) is 60.9 Å². The zero-order valence-electron chi connectivity index (χ0n) is 17.4. The molecule has 0 bridgehead atoms. The molecule has 2 fully saturated rings. The van der Waals surface area contributed by atoms with Crippen LogP contribution < -0.4 is 5.32 Å². The first kappa shape index (κ1) is 18.3. The average molecular weight is 416 g/mol. The molecule has 2 aliphatic rings. The monoisotopic (exact) mass is 416 g/mol. The van der Waals surface area contributed by atoms with Crippen LogP contribution >= 0.6 is 0 Å². The summed E-state index contributed by atoms with van der Waals surface area (Å²) in [5, 5.41) is 4.34. The number of aromatic amines is 1. The van der Waals surface area contributed by atoms with Gasteiger partial charge >= 0.3 is 0 Å². The van der Waals surface area contributed by atoms with E-state index in [1.54, 1.807) is 6.20 Å². The Labute approximate surface area is 178 Å². The molecule has 6 rings (SSSR count).